The highest BCUT2D eigenvalue weighted by molar-refractivity contribution is 7.84. The highest BCUT2D eigenvalue weighted by Gasteiger charge is 2.09. The normalized spacial score (nSPS) is 11.9. The molecule has 0 aliphatic rings. The van der Waals surface area contributed by atoms with Crippen LogP contribution < -0.4 is 10.6 Å². The van der Waals surface area contributed by atoms with Crippen LogP contribution in [0.4, 0.5) is 5.69 Å². The number of hydrogen-bond donors (Lipinski definition) is 2. The quantitative estimate of drug-likeness (QED) is 0.731. The van der Waals surface area contributed by atoms with Gasteiger partial charge in [0.2, 0.25) is 0 Å². The maximum Gasteiger partial charge on any atom is 0.254 e. The number of aromatic nitrogens is 1. The summed E-state index contributed by atoms with van der Waals surface area (Å²) < 4.78 is 10.8. The number of pyridine rings is 1. The summed E-state index contributed by atoms with van der Waals surface area (Å²) in [6.07, 6.45) is 5.52. The molecule has 1 atom stereocenters. The lowest BCUT2D eigenvalue weighted by Gasteiger charge is -2.08. The topological polar surface area (TPSA) is 71.1 Å². The molecule has 1 amide bonds. The zero-order chi connectivity index (χ0) is 12.7. The van der Waals surface area contributed by atoms with Crippen molar-refractivity contribution in [1.29, 1.82) is 0 Å². The summed E-state index contributed by atoms with van der Waals surface area (Å²) in [7, 11) is 0.950. The Morgan fingerprint density at radius 3 is 2.94 bits per heavy atom. The van der Waals surface area contributed by atoms with Crippen LogP contribution in [0.5, 0.6) is 0 Å². The zero-order valence-corrected chi connectivity index (χ0v) is 10.8. The summed E-state index contributed by atoms with van der Waals surface area (Å²) in [6, 6.07) is 1.75. The summed E-state index contributed by atoms with van der Waals surface area (Å²) >= 11 is 0. The summed E-state index contributed by atoms with van der Waals surface area (Å²) in [5.74, 6) is 0.441. The Balaban J connectivity index is 2.49. The maximum atomic E-state index is 11.8. The molecule has 6 heteroatoms. The Kier molecular flexibility index (Phi) is 5.62. The number of amides is 1. The smallest absolute Gasteiger partial charge is 0.254 e. The van der Waals surface area contributed by atoms with Crippen molar-refractivity contribution in [3.63, 3.8) is 0 Å². The molecule has 0 bridgehead atoms. The van der Waals surface area contributed by atoms with Gasteiger partial charge in [-0.15, -0.1) is 0 Å². The van der Waals surface area contributed by atoms with Crippen molar-refractivity contribution in [3.05, 3.63) is 24.0 Å². The average Bonchev–Trinajstić information content (AvgIpc) is 2.34. The van der Waals surface area contributed by atoms with Gasteiger partial charge in [0.25, 0.3) is 5.91 Å². The number of rotatable bonds is 6. The molecule has 0 aliphatic carbocycles. The van der Waals surface area contributed by atoms with Crippen LogP contribution in [0.3, 0.4) is 0 Å². The highest BCUT2D eigenvalue weighted by Crippen LogP contribution is 2.11. The molecule has 0 aromatic carbocycles. The number of nitrogens with one attached hydrogen (secondary N) is 2. The Labute approximate surface area is 103 Å². The first-order valence-corrected chi connectivity index (χ1v) is 7.08. The van der Waals surface area contributed by atoms with Gasteiger partial charge < -0.3 is 10.6 Å². The number of anilines is 1. The molecule has 94 valence electrons. The SMILES string of the molecule is CNc1ccncc1C(=O)NCCCS(C)=O. The summed E-state index contributed by atoms with van der Waals surface area (Å²) in [5, 5.41) is 5.71. The standard InChI is InChI=1S/C11H17N3O2S/c1-12-10-4-6-13-8-9(10)11(15)14-5-3-7-17(2)16/h4,6,8H,3,5,7H2,1-2H3,(H,12,13)(H,14,15). The van der Waals surface area contributed by atoms with Gasteiger partial charge in [-0.05, 0) is 12.5 Å². The van der Waals surface area contributed by atoms with Gasteiger partial charge in [0.1, 0.15) is 0 Å². The van der Waals surface area contributed by atoms with Gasteiger partial charge in [0.05, 0.1) is 5.56 Å². The average molecular weight is 255 g/mol. The lowest BCUT2D eigenvalue weighted by atomic mass is 10.2. The third-order valence-electron chi connectivity index (χ3n) is 2.23. The molecule has 17 heavy (non-hydrogen) atoms. The van der Waals surface area contributed by atoms with Gasteiger partial charge in [0.15, 0.2) is 0 Å². The third kappa shape index (κ3) is 4.52. The number of hydrogen-bond acceptors (Lipinski definition) is 4. The lowest BCUT2D eigenvalue weighted by molar-refractivity contribution is 0.0954. The minimum absolute atomic E-state index is 0.163. The molecule has 1 heterocycles. The second-order valence-corrected chi connectivity index (χ2v) is 5.11. The van der Waals surface area contributed by atoms with E-state index in [1.807, 2.05) is 0 Å². The fourth-order valence-corrected chi connectivity index (χ4v) is 1.92. The molecule has 2 N–H and O–H groups in total. The van der Waals surface area contributed by atoms with Crippen LogP contribution in [0, 0.1) is 0 Å². The Hall–Kier alpha value is -1.43. The van der Waals surface area contributed by atoms with Gasteiger partial charge >= 0.3 is 0 Å². The van der Waals surface area contributed by atoms with Crippen LogP contribution in [-0.4, -0.2) is 40.7 Å². The molecule has 1 rings (SSSR count). The molecule has 1 unspecified atom stereocenters. The molecule has 0 fully saturated rings. The molecule has 1 aromatic heterocycles. The minimum Gasteiger partial charge on any atom is -0.387 e. The Bertz CT molecular complexity index is 409. The van der Waals surface area contributed by atoms with E-state index in [0.717, 1.165) is 5.69 Å². The van der Waals surface area contributed by atoms with Crippen LogP contribution in [0.2, 0.25) is 0 Å². The van der Waals surface area contributed by atoms with Gasteiger partial charge in [-0.2, -0.15) is 0 Å². The molecule has 5 nitrogen and oxygen atoms in total. The molecular weight excluding hydrogens is 238 g/mol. The highest BCUT2D eigenvalue weighted by atomic mass is 32.2. The van der Waals surface area contributed by atoms with Crippen molar-refractivity contribution in [1.82, 2.24) is 10.3 Å². The van der Waals surface area contributed by atoms with Gasteiger partial charge in [0, 0.05) is 54.5 Å². The van der Waals surface area contributed by atoms with Crippen molar-refractivity contribution in [2.24, 2.45) is 0 Å². The molecule has 1 aromatic rings. The monoisotopic (exact) mass is 255 g/mol. The van der Waals surface area contributed by atoms with Crippen molar-refractivity contribution >= 4 is 22.4 Å². The summed E-state index contributed by atoms with van der Waals surface area (Å²) in [6.45, 7) is 0.524. The maximum absolute atomic E-state index is 11.8. The van der Waals surface area contributed by atoms with E-state index >= 15 is 0 Å². The number of nitrogens with zero attached hydrogens (tertiary/aromatic N) is 1. The van der Waals surface area contributed by atoms with Crippen molar-refractivity contribution in [2.45, 2.75) is 6.42 Å². The third-order valence-corrected chi connectivity index (χ3v) is 3.09. The predicted molar refractivity (Wildman–Crippen MR) is 69.7 cm³/mol. The van der Waals surface area contributed by atoms with Gasteiger partial charge in [-0.1, -0.05) is 0 Å². The first kappa shape index (κ1) is 13.6. The van der Waals surface area contributed by atoms with E-state index in [9.17, 15) is 9.00 Å². The lowest BCUT2D eigenvalue weighted by Crippen LogP contribution is -2.26. The van der Waals surface area contributed by atoms with E-state index in [4.69, 9.17) is 0 Å². The zero-order valence-electron chi connectivity index (χ0n) is 10.0. The predicted octanol–water partition coefficient (Wildman–Crippen LogP) is 0.622. The van der Waals surface area contributed by atoms with Crippen molar-refractivity contribution < 1.29 is 9.00 Å². The first-order valence-electron chi connectivity index (χ1n) is 5.35. The second kappa shape index (κ2) is 7.01. The minimum atomic E-state index is -0.807. The largest absolute Gasteiger partial charge is 0.387 e. The number of carbonyl (C=O) groups excluding carboxylic acids is 1. The molecule has 0 radical (unpaired) electrons. The fourth-order valence-electron chi connectivity index (χ4n) is 1.37. The summed E-state index contributed by atoms with van der Waals surface area (Å²) in [5.41, 5.74) is 1.27. The van der Waals surface area contributed by atoms with Crippen LogP contribution >= 0.6 is 0 Å². The number of carbonyl (C=O) groups is 1. The van der Waals surface area contributed by atoms with Crippen molar-refractivity contribution in [2.75, 3.05) is 30.9 Å². The Morgan fingerprint density at radius 1 is 1.53 bits per heavy atom. The van der Waals surface area contributed by atoms with E-state index in [-0.39, 0.29) is 5.91 Å². The molecule has 0 aliphatic heterocycles. The molecule has 0 saturated heterocycles. The molecule has 0 spiro atoms. The van der Waals surface area contributed by atoms with Gasteiger partial charge in [-0.3, -0.25) is 14.0 Å². The Morgan fingerprint density at radius 2 is 2.29 bits per heavy atom. The summed E-state index contributed by atoms with van der Waals surface area (Å²) in [4.78, 5) is 15.7. The second-order valence-electron chi connectivity index (χ2n) is 3.56. The molecular formula is C11H17N3O2S. The van der Waals surface area contributed by atoms with Crippen LogP contribution in [0.15, 0.2) is 18.5 Å². The van der Waals surface area contributed by atoms with Crippen LogP contribution in [-0.2, 0) is 10.8 Å². The van der Waals surface area contributed by atoms with E-state index in [0.29, 0.717) is 24.3 Å². The fraction of sp³-hybridized carbons (Fsp3) is 0.455. The van der Waals surface area contributed by atoms with Crippen LogP contribution in [0.25, 0.3) is 0 Å². The first-order chi connectivity index (χ1) is 8.15. The van der Waals surface area contributed by atoms with E-state index < -0.39 is 10.8 Å². The van der Waals surface area contributed by atoms with Gasteiger partial charge in [-0.25, -0.2) is 0 Å². The van der Waals surface area contributed by atoms with Crippen molar-refractivity contribution in [3.8, 4) is 0 Å². The van der Waals surface area contributed by atoms with E-state index in [1.165, 1.54) is 6.20 Å². The molecule has 0 saturated carbocycles. The van der Waals surface area contributed by atoms with E-state index in [1.54, 1.807) is 25.6 Å². The van der Waals surface area contributed by atoms with E-state index in [2.05, 4.69) is 15.6 Å². The van der Waals surface area contributed by atoms with Crippen LogP contribution in [0.1, 0.15) is 16.8 Å².